The van der Waals surface area contributed by atoms with Crippen LogP contribution in [0.25, 0.3) is 0 Å². The highest BCUT2D eigenvalue weighted by Crippen LogP contribution is 2.36. The second-order valence-electron chi connectivity index (χ2n) is 4.10. The fraction of sp³-hybridized carbons (Fsp3) is 0.0714. The van der Waals surface area contributed by atoms with Gasteiger partial charge in [0.25, 0.3) is 0 Å². The fourth-order valence-electron chi connectivity index (χ4n) is 1.64. The minimum absolute atomic E-state index is 0.0386. The van der Waals surface area contributed by atoms with Gasteiger partial charge < -0.3 is 9.84 Å². The number of hydrogen-bond acceptors (Lipinski definition) is 2. The van der Waals surface area contributed by atoms with Crippen molar-refractivity contribution in [3.63, 3.8) is 0 Å². The summed E-state index contributed by atoms with van der Waals surface area (Å²) in [5, 5.41) is 9.59. The van der Waals surface area contributed by atoms with Gasteiger partial charge in [-0.15, -0.1) is 0 Å². The van der Waals surface area contributed by atoms with Crippen LogP contribution in [0, 0.1) is 5.82 Å². The number of benzene rings is 2. The summed E-state index contributed by atoms with van der Waals surface area (Å²) in [6.45, 7) is -0.214. The molecule has 0 unspecified atom stereocenters. The van der Waals surface area contributed by atoms with E-state index in [1.165, 1.54) is 24.3 Å². The number of ether oxygens (including phenoxy) is 1. The third-order valence-electron chi connectivity index (χ3n) is 2.63. The first-order chi connectivity index (χ1) is 9.88. The lowest BCUT2D eigenvalue weighted by Crippen LogP contribution is -2.03. The zero-order valence-electron chi connectivity index (χ0n) is 10.4. The number of halogens is 4. The fourth-order valence-corrected chi connectivity index (χ4v) is 2.56. The molecule has 110 valence electrons. The average molecular weight is 350 g/mol. The number of aromatic carboxylic acids is 1. The third kappa shape index (κ3) is 3.79. The normalized spacial score (nSPS) is 10.5. The Morgan fingerprint density at radius 3 is 2.33 bits per heavy atom. The van der Waals surface area contributed by atoms with Crippen LogP contribution in [0.1, 0.15) is 15.9 Å². The summed E-state index contributed by atoms with van der Waals surface area (Å²) in [7, 11) is 0. The van der Waals surface area contributed by atoms with Crippen LogP contribution in [0.3, 0.4) is 0 Å². The van der Waals surface area contributed by atoms with Gasteiger partial charge in [-0.3, -0.25) is 0 Å². The molecule has 2 aromatic carbocycles. The van der Waals surface area contributed by atoms with Crippen molar-refractivity contribution >= 4 is 40.8 Å². The van der Waals surface area contributed by atoms with Crippen molar-refractivity contribution in [2.75, 3.05) is 0 Å². The number of carboxylic acid groups (broad SMARTS) is 1. The third-order valence-corrected chi connectivity index (χ3v) is 3.41. The van der Waals surface area contributed by atoms with Gasteiger partial charge in [-0.25, -0.2) is 9.18 Å². The van der Waals surface area contributed by atoms with Crippen LogP contribution >= 0.6 is 34.8 Å². The molecule has 0 saturated heterocycles. The lowest BCUT2D eigenvalue weighted by molar-refractivity contribution is 0.0696. The molecule has 0 heterocycles. The first kappa shape index (κ1) is 15.9. The summed E-state index contributed by atoms with van der Waals surface area (Å²) < 4.78 is 19.0. The second kappa shape index (κ2) is 6.52. The van der Waals surface area contributed by atoms with Crippen molar-refractivity contribution in [2.45, 2.75) is 6.61 Å². The molecule has 0 aliphatic carbocycles. The number of carboxylic acids is 1. The van der Waals surface area contributed by atoms with Crippen LogP contribution < -0.4 is 4.74 Å². The van der Waals surface area contributed by atoms with Crippen molar-refractivity contribution in [1.82, 2.24) is 0 Å². The van der Waals surface area contributed by atoms with E-state index >= 15 is 0 Å². The SMILES string of the molecule is O=C(O)c1ccc(F)c(COc2c(Cl)cc(Cl)cc2Cl)c1. The Hall–Kier alpha value is -1.49. The Morgan fingerprint density at radius 2 is 1.76 bits per heavy atom. The minimum atomic E-state index is -1.15. The van der Waals surface area contributed by atoms with Gasteiger partial charge >= 0.3 is 5.97 Å². The molecule has 0 saturated carbocycles. The first-order valence-corrected chi connectivity index (χ1v) is 6.81. The van der Waals surface area contributed by atoms with Crippen LogP contribution in [0.4, 0.5) is 4.39 Å². The molecule has 0 aliphatic rings. The molecular weight excluding hydrogens is 342 g/mol. The Morgan fingerprint density at radius 1 is 1.14 bits per heavy atom. The molecule has 0 fully saturated rings. The van der Waals surface area contributed by atoms with Crippen molar-refractivity contribution in [2.24, 2.45) is 0 Å². The first-order valence-electron chi connectivity index (χ1n) is 5.67. The van der Waals surface area contributed by atoms with Gasteiger partial charge in [0.1, 0.15) is 12.4 Å². The molecule has 0 spiro atoms. The summed E-state index contributed by atoms with van der Waals surface area (Å²) in [5.41, 5.74) is 0.0419. The highest BCUT2D eigenvalue weighted by Gasteiger charge is 2.12. The van der Waals surface area contributed by atoms with E-state index in [1.807, 2.05) is 0 Å². The monoisotopic (exact) mass is 348 g/mol. The Balaban J connectivity index is 2.24. The van der Waals surface area contributed by atoms with Gasteiger partial charge in [0.2, 0.25) is 0 Å². The second-order valence-corrected chi connectivity index (χ2v) is 5.35. The van der Waals surface area contributed by atoms with Crippen LogP contribution in [0.5, 0.6) is 5.75 Å². The van der Waals surface area contributed by atoms with Gasteiger partial charge in [0, 0.05) is 10.6 Å². The van der Waals surface area contributed by atoms with Crippen LogP contribution in [0.15, 0.2) is 30.3 Å². The van der Waals surface area contributed by atoms with Gasteiger partial charge in [0.05, 0.1) is 15.6 Å². The zero-order valence-corrected chi connectivity index (χ0v) is 12.6. The zero-order chi connectivity index (χ0) is 15.6. The molecule has 0 aliphatic heterocycles. The average Bonchev–Trinajstić information content (AvgIpc) is 2.39. The molecule has 0 aromatic heterocycles. The van der Waals surface area contributed by atoms with Crippen molar-refractivity contribution in [3.8, 4) is 5.75 Å². The minimum Gasteiger partial charge on any atom is -0.486 e. The molecular formula is C14H8Cl3FO3. The summed E-state index contributed by atoms with van der Waals surface area (Å²) in [5.74, 6) is -1.58. The largest absolute Gasteiger partial charge is 0.486 e. The standard InChI is InChI=1S/C14H8Cl3FO3/c15-9-4-10(16)13(11(17)5-9)21-6-8-3-7(14(19)20)1-2-12(8)18/h1-5H,6H2,(H,19,20). The van der Waals surface area contributed by atoms with Crippen molar-refractivity contribution in [3.05, 3.63) is 62.3 Å². The molecule has 1 N–H and O–H groups in total. The maximum atomic E-state index is 13.6. The maximum Gasteiger partial charge on any atom is 0.335 e. The Labute approximate surface area is 134 Å². The van der Waals surface area contributed by atoms with Gasteiger partial charge in [-0.05, 0) is 30.3 Å². The predicted octanol–water partition coefficient (Wildman–Crippen LogP) is 5.06. The Kier molecular flexibility index (Phi) is 4.93. The van der Waals surface area contributed by atoms with Gasteiger partial charge in [-0.2, -0.15) is 0 Å². The van der Waals surface area contributed by atoms with E-state index in [1.54, 1.807) is 0 Å². The number of rotatable bonds is 4. The van der Waals surface area contributed by atoms with Crippen molar-refractivity contribution in [1.29, 1.82) is 0 Å². The van der Waals surface area contributed by atoms with E-state index in [4.69, 9.17) is 44.6 Å². The van der Waals surface area contributed by atoms with E-state index in [9.17, 15) is 9.18 Å². The van der Waals surface area contributed by atoms with E-state index in [0.29, 0.717) is 5.02 Å². The smallest absolute Gasteiger partial charge is 0.335 e. The molecule has 0 radical (unpaired) electrons. The summed E-state index contributed by atoms with van der Waals surface area (Å²) in [4.78, 5) is 10.9. The summed E-state index contributed by atoms with van der Waals surface area (Å²) in [6, 6.07) is 6.30. The topological polar surface area (TPSA) is 46.5 Å². The van der Waals surface area contributed by atoms with Crippen LogP contribution in [-0.4, -0.2) is 11.1 Å². The quantitative estimate of drug-likeness (QED) is 0.839. The van der Waals surface area contributed by atoms with E-state index in [2.05, 4.69) is 0 Å². The molecule has 0 bridgehead atoms. The van der Waals surface area contributed by atoms with Gasteiger partial charge in [0.15, 0.2) is 5.75 Å². The predicted molar refractivity (Wildman–Crippen MR) is 79.2 cm³/mol. The van der Waals surface area contributed by atoms with Crippen LogP contribution in [0.2, 0.25) is 15.1 Å². The molecule has 0 amide bonds. The van der Waals surface area contributed by atoms with Crippen LogP contribution in [-0.2, 0) is 6.61 Å². The highest BCUT2D eigenvalue weighted by atomic mass is 35.5. The molecule has 2 aromatic rings. The summed E-state index contributed by atoms with van der Waals surface area (Å²) >= 11 is 17.7. The lowest BCUT2D eigenvalue weighted by Gasteiger charge is -2.11. The van der Waals surface area contributed by atoms with E-state index in [0.717, 1.165) is 6.07 Å². The molecule has 21 heavy (non-hydrogen) atoms. The number of carbonyl (C=O) groups is 1. The molecule has 7 heteroatoms. The number of hydrogen-bond donors (Lipinski definition) is 1. The van der Waals surface area contributed by atoms with Gasteiger partial charge in [-0.1, -0.05) is 34.8 Å². The molecule has 3 nitrogen and oxygen atoms in total. The molecule has 0 atom stereocenters. The summed E-state index contributed by atoms with van der Waals surface area (Å²) in [6.07, 6.45) is 0. The molecule has 2 rings (SSSR count). The van der Waals surface area contributed by atoms with E-state index < -0.39 is 11.8 Å². The van der Waals surface area contributed by atoms with E-state index in [-0.39, 0.29) is 33.5 Å². The Bertz CT molecular complexity index is 681. The van der Waals surface area contributed by atoms with Crippen molar-refractivity contribution < 1.29 is 19.0 Å². The maximum absolute atomic E-state index is 13.6. The lowest BCUT2D eigenvalue weighted by atomic mass is 10.1. The highest BCUT2D eigenvalue weighted by molar-refractivity contribution is 6.40.